The van der Waals surface area contributed by atoms with Gasteiger partial charge in [-0.05, 0) is 18.2 Å². The van der Waals surface area contributed by atoms with Crippen LogP contribution in [-0.2, 0) is 42.9 Å². The van der Waals surface area contributed by atoms with E-state index in [1.807, 2.05) is 0 Å². The Bertz CT molecular complexity index is 1130. The first-order valence-electron chi connectivity index (χ1n) is 11.8. The second-order valence-corrected chi connectivity index (χ2v) is 9.03. The van der Waals surface area contributed by atoms with E-state index in [4.69, 9.17) is 40.0 Å². The van der Waals surface area contributed by atoms with Crippen molar-refractivity contribution in [2.24, 2.45) is 0 Å². The van der Waals surface area contributed by atoms with Crippen LogP contribution in [0.15, 0.2) is 36.4 Å². The van der Waals surface area contributed by atoms with Crippen molar-refractivity contribution in [1.82, 2.24) is 4.90 Å². The molecule has 2 aliphatic rings. The quantitative estimate of drug-likeness (QED) is 0.195. The smallest absolute Gasteiger partial charge is 0.303 e. The minimum atomic E-state index is -1.16. The van der Waals surface area contributed by atoms with Crippen molar-refractivity contribution in [3.8, 4) is 5.75 Å². The molecule has 0 N–H and O–H groups in total. The van der Waals surface area contributed by atoms with Gasteiger partial charge in [-0.1, -0.05) is 24.2 Å². The maximum absolute atomic E-state index is 11.8. The predicted octanol–water partition coefficient (Wildman–Crippen LogP) is 2.65. The van der Waals surface area contributed by atoms with Gasteiger partial charge in [-0.2, -0.15) is 0 Å². The Labute approximate surface area is 225 Å². The third-order valence-corrected chi connectivity index (χ3v) is 6.19. The molecule has 3 unspecified atom stereocenters. The minimum Gasteiger partial charge on any atom is -0.496 e. The van der Waals surface area contributed by atoms with Crippen LogP contribution in [0, 0.1) is 0 Å². The Morgan fingerprint density at radius 1 is 1.08 bits per heavy atom. The molecule has 206 valence electrons. The summed E-state index contributed by atoms with van der Waals surface area (Å²) in [4.78, 5) is 48.3. The fourth-order valence-electron chi connectivity index (χ4n) is 4.13. The number of benzene rings is 1. The Hall–Kier alpha value is -3.57. The Morgan fingerprint density at radius 3 is 2.32 bits per heavy atom. The number of nitrogens with zero attached hydrogens (tertiary/aromatic N) is 1. The first-order valence-corrected chi connectivity index (χ1v) is 12.2. The van der Waals surface area contributed by atoms with Crippen molar-refractivity contribution in [2.75, 3.05) is 26.8 Å². The molecule has 0 saturated carbocycles. The molecule has 0 radical (unpaired) electrons. The highest BCUT2D eigenvalue weighted by molar-refractivity contribution is 6.33. The van der Waals surface area contributed by atoms with Crippen LogP contribution in [-0.4, -0.2) is 80.1 Å². The van der Waals surface area contributed by atoms with Gasteiger partial charge in [0, 0.05) is 51.4 Å². The zero-order chi connectivity index (χ0) is 28.0. The van der Waals surface area contributed by atoms with Crippen LogP contribution in [0.2, 0.25) is 5.02 Å². The molecule has 2 heterocycles. The number of carbonyl (C=O) groups excluding carboxylic acids is 4. The zero-order valence-electron chi connectivity index (χ0n) is 21.6. The first kappa shape index (κ1) is 29.0. The SMILES string of the molecule is C=CC(=O)N1CC(=C(OC)c2cccc(OC3OC(COC(C)=O)C(OC(C)=O)C[C@@H]3OC(C)=O)c2Cl)C1. The molecule has 0 aromatic heterocycles. The molecular formula is C26H30ClNO10. The van der Waals surface area contributed by atoms with Gasteiger partial charge >= 0.3 is 17.9 Å². The fourth-order valence-corrected chi connectivity index (χ4v) is 4.39. The topological polar surface area (TPSA) is 127 Å². The average Bonchev–Trinajstić information content (AvgIpc) is 2.82. The second-order valence-electron chi connectivity index (χ2n) is 8.65. The van der Waals surface area contributed by atoms with E-state index in [0.29, 0.717) is 24.4 Å². The third kappa shape index (κ3) is 7.05. The average molecular weight is 552 g/mol. The van der Waals surface area contributed by atoms with Crippen LogP contribution in [0.1, 0.15) is 32.8 Å². The highest BCUT2D eigenvalue weighted by Gasteiger charge is 2.44. The molecule has 1 amide bonds. The summed E-state index contributed by atoms with van der Waals surface area (Å²) in [6.07, 6.45) is -2.59. The van der Waals surface area contributed by atoms with Crippen molar-refractivity contribution < 1.29 is 47.6 Å². The second kappa shape index (κ2) is 12.8. The van der Waals surface area contributed by atoms with Crippen LogP contribution in [0.3, 0.4) is 0 Å². The van der Waals surface area contributed by atoms with Gasteiger partial charge in [0.1, 0.15) is 30.3 Å². The first-order chi connectivity index (χ1) is 18.0. The number of methoxy groups -OCH3 is 1. The van der Waals surface area contributed by atoms with Crippen molar-refractivity contribution in [3.63, 3.8) is 0 Å². The number of hydrogen-bond acceptors (Lipinski definition) is 10. The zero-order valence-corrected chi connectivity index (χ0v) is 22.3. The Balaban J connectivity index is 1.87. The van der Waals surface area contributed by atoms with Crippen LogP contribution < -0.4 is 4.74 Å². The number of rotatable bonds is 9. The van der Waals surface area contributed by atoms with E-state index in [1.165, 1.54) is 34.0 Å². The number of carbonyl (C=O) groups is 4. The normalized spacial score (nSPS) is 22.4. The lowest BCUT2D eigenvalue weighted by atomic mass is 10.0. The van der Waals surface area contributed by atoms with Crippen molar-refractivity contribution in [2.45, 2.75) is 51.8 Å². The predicted molar refractivity (Wildman–Crippen MR) is 134 cm³/mol. The van der Waals surface area contributed by atoms with Crippen molar-refractivity contribution in [1.29, 1.82) is 0 Å². The highest BCUT2D eigenvalue weighted by atomic mass is 35.5. The number of ether oxygens (including phenoxy) is 6. The van der Waals surface area contributed by atoms with E-state index in [1.54, 1.807) is 23.1 Å². The van der Waals surface area contributed by atoms with E-state index >= 15 is 0 Å². The molecule has 3 rings (SSSR count). The van der Waals surface area contributed by atoms with Gasteiger partial charge in [-0.25, -0.2) is 0 Å². The van der Waals surface area contributed by atoms with Gasteiger partial charge in [-0.15, -0.1) is 0 Å². The monoisotopic (exact) mass is 551 g/mol. The number of esters is 3. The molecule has 2 aliphatic heterocycles. The largest absolute Gasteiger partial charge is 0.496 e. The molecule has 0 aliphatic carbocycles. The lowest BCUT2D eigenvalue weighted by Crippen LogP contribution is -2.54. The molecule has 1 aromatic rings. The fraction of sp³-hybridized carbons (Fsp3) is 0.462. The Morgan fingerprint density at radius 2 is 1.74 bits per heavy atom. The van der Waals surface area contributed by atoms with E-state index in [2.05, 4.69) is 6.58 Å². The summed E-state index contributed by atoms with van der Waals surface area (Å²) < 4.78 is 33.4. The minimum absolute atomic E-state index is 0.0353. The summed E-state index contributed by atoms with van der Waals surface area (Å²) in [5.41, 5.74) is 1.39. The number of likely N-dealkylation sites (tertiary alicyclic amines) is 1. The molecule has 38 heavy (non-hydrogen) atoms. The molecule has 12 heteroatoms. The third-order valence-electron chi connectivity index (χ3n) is 5.80. The van der Waals surface area contributed by atoms with Crippen molar-refractivity contribution in [3.05, 3.63) is 47.0 Å². The lowest BCUT2D eigenvalue weighted by molar-refractivity contribution is -0.253. The molecule has 1 aromatic carbocycles. The molecule has 4 atom stereocenters. The van der Waals surface area contributed by atoms with Gasteiger partial charge in [0.25, 0.3) is 0 Å². The molecule has 11 nitrogen and oxygen atoms in total. The van der Waals surface area contributed by atoms with E-state index in [-0.39, 0.29) is 29.7 Å². The van der Waals surface area contributed by atoms with E-state index in [9.17, 15) is 19.2 Å². The van der Waals surface area contributed by atoms with Gasteiger partial charge in [0.15, 0.2) is 6.10 Å². The van der Waals surface area contributed by atoms with Crippen LogP contribution >= 0.6 is 11.6 Å². The van der Waals surface area contributed by atoms with Crippen LogP contribution in [0.25, 0.3) is 5.76 Å². The van der Waals surface area contributed by atoms with E-state index in [0.717, 1.165) is 5.57 Å². The van der Waals surface area contributed by atoms with Gasteiger partial charge in [0.2, 0.25) is 12.2 Å². The summed E-state index contributed by atoms with van der Waals surface area (Å²) in [5.74, 6) is -1.20. The molecular weight excluding hydrogens is 522 g/mol. The van der Waals surface area contributed by atoms with Crippen LogP contribution in [0.5, 0.6) is 5.75 Å². The molecule has 2 fully saturated rings. The number of amides is 1. The number of halogens is 1. The molecule has 0 spiro atoms. The Kier molecular flexibility index (Phi) is 9.76. The summed E-state index contributed by atoms with van der Waals surface area (Å²) in [5, 5.41) is 0.203. The van der Waals surface area contributed by atoms with Gasteiger partial charge in [-0.3, -0.25) is 19.2 Å². The summed E-state index contributed by atoms with van der Waals surface area (Å²) in [6, 6.07) is 5.04. The summed E-state index contributed by atoms with van der Waals surface area (Å²) >= 11 is 6.71. The maximum Gasteiger partial charge on any atom is 0.303 e. The van der Waals surface area contributed by atoms with E-state index < -0.39 is 42.5 Å². The van der Waals surface area contributed by atoms with Gasteiger partial charge in [0.05, 0.1) is 12.1 Å². The standard InChI is InChI=1S/C26H30ClNO10/c1-6-23(32)28-11-17(12-28)25(33-5)18-8-7-9-19(24(18)27)37-26-21(36-16(4)31)10-20(35-15(3)30)22(38-26)13-34-14(2)29/h6-9,20-22,26H,1,10-13H2,2-5H3/t20?,21-,22?,26?/m0/s1. The highest BCUT2D eigenvalue weighted by Crippen LogP contribution is 2.38. The number of hydrogen-bond donors (Lipinski definition) is 0. The molecule has 2 saturated heterocycles. The van der Waals surface area contributed by atoms with Crippen LogP contribution in [0.4, 0.5) is 0 Å². The molecule has 0 bridgehead atoms. The summed E-state index contributed by atoms with van der Waals surface area (Å²) in [7, 11) is 1.50. The van der Waals surface area contributed by atoms with Gasteiger partial charge < -0.3 is 33.3 Å². The van der Waals surface area contributed by atoms with Crippen molar-refractivity contribution >= 4 is 41.2 Å². The summed E-state index contributed by atoms with van der Waals surface area (Å²) in [6.45, 7) is 7.71. The maximum atomic E-state index is 11.8. The lowest BCUT2D eigenvalue weighted by Gasteiger charge is -2.39.